The third-order valence-electron chi connectivity index (χ3n) is 7.32. The van der Waals surface area contributed by atoms with Gasteiger partial charge in [-0.2, -0.15) is 13.8 Å². The van der Waals surface area contributed by atoms with E-state index in [0.29, 0.717) is 60.6 Å². The normalized spacial score (nSPS) is 31.7. The zero-order valence-electron chi connectivity index (χ0n) is 17.0. The summed E-state index contributed by atoms with van der Waals surface area (Å²) in [5.41, 5.74) is 0.550. The molecule has 8 heteroatoms. The Bertz CT molecular complexity index is 821. The van der Waals surface area contributed by atoms with E-state index in [2.05, 4.69) is 16.8 Å². The van der Waals surface area contributed by atoms with Crippen LogP contribution in [-0.2, 0) is 21.9 Å². The lowest BCUT2D eigenvalue weighted by molar-refractivity contribution is -0.147. The number of alkyl halides is 2. The second-order valence-corrected chi connectivity index (χ2v) is 9.04. The second-order valence-electron chi connectivity index (χ2n) is 9.04. The number of carbonyl (C=O) groups excluding carboxylic acids is 1. The number of halogens is 2. The van der Waals surface area contributed by atoms with E-state index >= 15 is 0 Å². The van der Waals surface area contributed by atoms with Gasteiger partial charge < -0.3 is 14.5 Å². The molecule has 1 aromatic heterocycles. The summed E-state index contributed by atoms with van der Waals surface area (Å²) in [5.74, 6) is -0.712. The molecule has 29 heavy (non-hydrogen) atoms. The topological polar surface area (TPSA) is 58.6 Å². The van der Waals surface area contributed by atoms with Crippen molar-refractivity contribution in [2.45, 2.75) is 57.9 Å². The molecule has 2 aliphatic carbocycles. The van der Waals surface area contributed by atoms with Gasteiger partial charge in [-0.1, -0.05) is 0 Å². The van der Waals surface area contributed by atoms with E-state index < -0.39 is 5.92 Å². The van der Waals surface area contributed by atoms with Crippen molar-refractivity contribution in [3.8, 4) is 0 Å². The lowest BCUT2D eigenvalue weighted by Gasteiger charge is -2.54. The number of aromatic nitrogens is 2. The van der Waals surface area contributed by atoms with E-state index in [1.165, 1.54) is 0 Å². The molecule has 3 aliphatic heterocycles. The van der Waals surface area contributed by atoms with Gasteiger partial charge in [0.2, 0.25) is 5.95 Å². The fraction of sp³-hybridized carbons (Fsp3) is 0.762. The minimum atomic E-state index is -2.87. The first kappa shape index (κ1) is 19.0. The summed E-state index contributed by atoms with van der Waals surface area (Å²) in [7, 11) is 0. The highest BCUT2D eigenvalue weighted by molar-refractivity contribution is 5.70. The molecule has 2 unspecified atom stereocenters. The van der Waals surface area contributed by atoms with Crippen LogP contribution in [0.1, 0.15) is 50.8 Å². The average Bonchev–Trinajstić information content (AvgIpc) is 2.99. The van der Waals surface area contributed by atoms with E-state index in [1.54, 1.807) is 0 Å². The molecular formula is C21H28F2N4O2. The van der Waals surface area contributed by atoms with Gasteiger partial charge in [-0.3, -0.25) is 4.79 Å². The van der Waals surface area contributed by atoms with E-state index in [0.717, 1.165) is 32.5 Å². The first-order valence-electron chi connectivity index (χ1n) is 10.8. The Morgan fingerprint density at radius 2 is 2.03 bits per heavy atom. The highest BCUT2D eigenvalue weighted by Crippen LogP contribution is 2.50. The van der Waals surface area contributed by atoms with Crippen molar-refractivity contribution in [2.24, 2.45) is 17.8 Å². The fourth-order valence-electron chi connectivity index (χ4n) is 5.50. The molecule has 4 heterocycles. The summed E-state index contributed by atoms with van der Waals surface area (Å²) in [4.78, 5) is 25.2. The predicted molar refractivity (Wildman–Crippen MR) is 104 cm³/mol. The second kappa shape index (κ2) is 6.77. The van der Waals surface area contributed by atoms with Gasteiger partial charge in [-0.05, 0) is 50.9 Å². The third kappa shape index (κ3) is 3.06. The summed E-state index contributed by atoms with van der Waals surface area (Å²) < 4.78 is 34.2. The molecule has 0 spiro atoms. The lowest BCUT2D eigenvalue weighted by atomic mass is 9.60. The Balaban J connectivity index is 1.40. The fourth-order valence-corrected chi connectivity index (χ4v) is 5.50. The predicted octanol–water partition coefficient (Wildman–Crippen LogP) is 3.14. The van der Waals surface area contributed by atoms with Crippen molar-refractivity contribution in [1.82, 2.24) is 9.97 Å². The molecule has 0 amide bonds. The van der Waals surface area contributed by atoms with Crippen molar-refractivity contribution in [3.63, 3.8) is 0 Å². The van der Waals surface area contributed by atoms with E-state index in [9.17, 15) is 13.6 Å². The van der Waals surface area contributed by atoms with E-state index in [-0.39, 0.29) is 18.1 Å². The van der Waals surface area contributed by atoms with Gasteiger partial charge in [0.05, 0.1) is 6.61 Å². The average molecular weight is 406 g/mol. The van der Waals surface area contributed by atoms with Crippen molar-refractivity contribution >= 4 is 17.7 Å². The van der Waals surface area contributed by atoms with Crippen LogP contribution in [0.15, 0.2) is 0 Å². The Morgan fingerprint density at radius 3 is 2.66 bits per heavy atom. The molecule has 5 aliphatic rings. The summed E-state index contributed by atoms with van der Waals surface area (Å²) in [6.45, 7) is 6.66. The van der Waals surface area contributed by atoms with Crippen molar-refractivity contribution < 1.29 is 18.3 Å². The van der Waals surface area contributed by atoms with Crippen LogP contribution in [0.5, 0.6) is 0 Å². The number of esters is 1. The molecule has 158 valence electrons. The Hall–Kier alpha value is -1.99. The van der Waals surface area contributed by atoms with E-state index in [4.69, 9.17) is 9.72 Å². The molecule has 0 aromatic carbocycles. The summed E-state index contributed by atoms with van der Waals surface area (Å²) >= 11 is 0. The number of carbonyl (C=O) groups is 1. The highest BCUT2D eigenvalue weighted by atomic mass is 19.3. The highest BCUT2D eigenvalue weighted by Gasteiger charge is 2.50. The summed E-state index contributed by atoms with van der Waals surface area (Å²) in [6, 6.07) is 0.291. The van der Waals surface area contributed by atoms with Gasteiger partial charge in [-0.15, -0.1) is 0 Å². The van der Waals surface area contributed by atoms with Gasteiger partial charge in [-0.25, -0.2) is 4.98 Å². The van der Waals surface area contributed by atoms with Gasteiger partial charge >= 0.3 is 5.97 Å². The first-order chi connectivity index (χ1) is 13.9. The third-order valence-corrected chi connectivity index (χ3v) is 7.32. The van der Waals surface area contributed by atoms with Crippen LogP contribution in [0, 0.1) is 17.8 Å². The summed E-state index contributed by atoms with van der Waals surface area (Å²) in [6.07, 6.45) is 2.74. The van der Waals surface area contributed by atoms with Crippen molar-refractivity contribution in [3.05, 3.63) is 11.3 Å². The van der Waals surface area contributed by atoms with Crippen LogP contribution in [-0.4, -0.2) is 48.2 Å². The molecule has 4 fully saturated rings. The minimum Gasteiger partial charge on any atom is -0.466 e. The number of fused-ring (bicyclic) bond motifs is 3. The number of nitrogens with zero attached hydrogens (tertiary/aromatic N) is 4. The Kier molecular flexibility index (Phi) is 4.44. The number of hydrogen-bond donors (Lipinski definition) is 0. The molecule has 6 nitrogen and oxygen atoms in total. The number of ether oxygens (including phenoxy) is 1. The van der Waals surface area contributed by atoms with Gasteiger partial charge in [0.1, 0.15) is 11.5 Å². The maximum Gasteiger partial charge on any atom is 0.306 e. The number of anilines is 2. The largest absolute Gasteiger partial charge is 0.466 e. The SMILES string of the molecule is CCOC(=O)CC1[C@@H]2C[C@H]1CN(c1nc(N3CCC3C)nc3c1CCC3(F)F)C2. The van der Waals surface area contributed by atoms with Gasteiger partial charge in [0.15, 0.2) is 0 Å². The molecule has 2 bridgehead atoms. The molecule has 0 N–H and O–H groups in total. The monoisotopic (exact) mass is 406 g/mol. The maximum absolute atomic E-state index is 14.5. The van der Waals surface area contributed by atoms with E-state index in [1.807, 2.05) is 11.8 Å². The quantitative estimate of drug-likeness (QED) is 0.701. The molecular weight excluding hydrogens is 378 g/mol. The van der Waals surface area contributed by atoms with Crippen LogP contribution < -0.4 is 9.80 Å². The molecule has 0 radical (unpaired) electrons. The smallest absolute Gasteiger partial charge is 0.306 e. The number of piperidine rings is 2. The Labute approximate surface area is 169 Å². The summed E-state index contributed by atoms with van der Waals surface area (Å²) in [5, 5.41) is 0. The Morgan fingerprint density at radius 1 is 1.28 bits per heavy atom. The van der Waals surface area contributed by atoms with Gasteiger partial charge in [0.25, 0.3) is 5.92 Å². The van der Waals surface area contributed by atoms with Crippen LogP contribution in [0.2, 0.25) is 0 Å². The van der Waals surface area contributed by atoms with Crippen molar-refractivity contribution in [2.75, 3.05) is 36.0 Å². The van der Waals surface area contributed by atoms with Crippen LogP contribution in [0.3, 0.4) is 0 Å². The molecule has 3 saturated heterocycles. The lowest BCUT2D eigenvalue weighted by Crippen LogP contribution is -2.56. The maximum atomic E-state index is 14.5. The molecule has 4 atom stereocenters. The van der Waals surface area contributed by atoms with Gasteiger partial charge in [0, 0.05) is 44.1 Å². The molecule has 1 saturated carbocycles. The van der Waals surface area contributed by atoms with Crippen molar-refractivity contribution in [1.29, 1.82) is 0 Å². The number of hydrogen-bond acceptors (Lipinski definition) is 6. The molecule has 1 aromatic rings. The number of rotatable bonds is 5. The minimum absolute atomic E-state index is 0.0704. The van der Waals surface area contributed by atoms with Crippen LogP contribution in [0.4, 0.5) is 20.5 Å². The molecule has 6 rings (SSSR count). The van der Waals surface area contributed by atoms with Crippen LogP contribution in [0.25, 0.3) is 0 Å². The first-order valence-corrected chi connectivity index (χ1v) is 10.8. The van der Waals surface area contributed by atoms with Crippen LogP contribution >= 0.6 is 0 Å². The zero-order valence-corrected chi connectivity index (χ0v) is 17.0. The zero-order chi connectivity index (χ0) is 20.3. The standard InChI is InChI=1S/C21H28F2N4O2/c1-3-29-17(28)9-16-13-8-14(16)11-26(10-13)19-15-4-6-21(22,23)18(15)24-20(25-19)27-7-5-12(27)2/h12-14,16H,3-11H2,1-2H3/t12?,13-,14+,16?.